The van der Waals surface area contributed by atoms with E-state index in [1.807, 2.05) is 13.8 Å². The maximum absolute atomic E-state index is 13.1. The third-order valence-electron chi connectivity index (χ3n) is 4.82. The molecule has 0 radical (unpaired) electrons. The maximum Gasteiger partial charge on any atom is 0.416 e. The van der Waals surface area contributed by atoms with Crippen molar-refractivity contribution in [1.29, 1.82) is 0 Å². The molecule has 33 heavy (non-hydrogen) atoms. The lowest BCUT2D eigenvalue weighted by atomic mass is 10.0. The van der Waals surface area contributed by atoms with Crippen LogP contribution in [-0.2, 0) is 17.1 Å². The lowest BCUT2D eigenvalue weighted by molar-refractivity contribution is -0.143. The molecular weight excluding hydrogens is 454 g/mol. The fourth-order valence-electron chi connectivity index (χ4n) is 3.33. The van der Waals surface area contributed by atoms with Gasteiger partial charge in [-0.2, -0.15) is 26.3 Å². The van der Waals surface area contributed by atoms with Crippen LogP contribution >= 0.6 is 0 Å². The number of hydrogen-bond donors (Lipinski definition) is 1. The quantitative estimate of drug-likeness (QED) is 0.575. The van der Waals surface area contributed by atoms with Crippen LogP contribution in [0.15, 0.2) is 36.4 Å². The van der Waals surface area contributed by atoms with Crippen LogP contribution in [0.5, 0.6) is 5.75 Å². The van der Waals surface area contributed by atoms with E-state index in [4.69, 9.17) is 4.74 Å². The van der Waals surface area contributed by atoms with E-state index >= 15 is 0 Å². The number of benzene rings is 2. The minimum atomic E-state index is -5.07. The molecule has 1 unspecified atom stereocenters. The van der Waals surface area contributed by atoms with E-state index < -0.39 is 41.1 Å². The average Bonchev–Trinajstić information content (AvgIpc) is 2.69. The molecule has 5 nitrogen and oxygen atoms in total. The Labute approximate surface area is 185 Å². The summed E-state index contributed by atoms with van der Waals surface area (Å²) in [4.78, 5) is 26.5. The van der Waals surface area contributed by atoms with Gasteiger partial charge < -0.3 is 15.0 Å². The van der Waals surface area contributed by atoms with Gasteiger partial charge in [0.25, 0.3) is 11.8 Å². The van der Waals surface area contributed by atoms with Gasteiger partial charge in [0.2, 0.25) is 0 Å². The monoisotopic (exact) mass is 474 g/mol. The summed E-state index contributed by atoms with van der Waals surface area (Å²) in [5, 5.41) is 2.29. The number of anilines is 2. The van der Waals surface area contributed by atoms with Crippen molar-refractivity contribution in [3.05, 3.63) is 53.1 Å². The second-order valence-electron chi connectivity index (χ2n) is 8.03. The number of rotatable bonds is 4. The Morgan fingerprint density at radius 1 is 1.03 bits per heavy atom. The first-order chi connectivity index (χ1) is 15.2. The summed E-state index contributed by atoms with van der Waals surface area (Å²) >= 11 is 0. The highest BCUT2D eigenvalue weighted by Crippen LogP contribution is 2.38. The average molecular weight is 474 g/mol. The van der Waals surface area contributed by atoms with E-state index in [-0.39, 0.29) is 29.3 Å². The van der Waals surface area contributed by atoms with Gasteiger partial charge in [-0.15, -0.1) is 0 Å². The Bertz CT molecular complexity index is 1050. The van der Waals surface area contributed by atoms with Crippen LogP contribution in [0.4, 0.5) is 37.7 Å². The van der Waals surface area contributed by atoms with Gasteiger partial charge in [0, 0.05) is 23.9 Å². The summed E-state index contributed by atoms with van der Waals surface area (Å²) in [5.74, 6) is -1.02. The predicted molar refractivity (Wildman–Crippen MR) is 108 cm³/mol. The first-order valence-corrected chi connectivity index (χ1v) is 9.89. The SMILES string of the molecule is CC(C)CN1C(=O)C(C)Oc2cc(NC(=O)c3cc(C(F)(F)F)cc(C(F)(F)F)c3)ccc21. The van der Waals surface area contributed by atoms with Crippen molar-refractivity contribution >= 4 is 23.2 Å². The Hall–Kier alpha value is -3.24. The van der Waals surface area contributed by atoms with E-state index in [2.05, 4.69) is 5.32 Å². The Morgan fingerprint density at radius 3 is 2.12 bits per heavy atom. The van der Waals surface area contributed by atoms with Crippen molar-refractivity contribution in [2.45, 2.75) is 39.2 Å². The van der Waals surface area contributed by atoms with E-state index in [1.54, 1.807) is 6.92 Å². The first-order valence-electron chi connectivity index (χ1n) is 9.89. The summed E-state index contributed by atoms with van der Waals surface area (Å²) in [7, 11) is 0. The van der Waals surface area contributed by atoms with Crippen molar-refractivity contribution in [3.8, 4) is 5.75 Å². The number of alkyl halides is 6. The fourth-order valence-corrected chi connectivity index (χ4v) is 3.33. The predicted octanol–water partition coefficient (Wildman–Crippen LogP) is 5.75. The Balaban J connectivity index is 1.93. The molecule has 0 saturated carbocycles. The van der Waals surface area contributed by atoms with E-state index in [1.165, 1.54) is 23.1 Å². The van der Waals surface area contributed by atoms with E-state index in [0.29, 0.717) is 24.4 Å². The first kappa shape index (κ1) is 24.4. The third kappa shape index (κ3) is 5.40. The summed E-state index contributed by atoms with van der Waals surface area (Å²) in [6.45, 7) is 5.80. The summed E-state index contributed by atoms with van der Waals surface area (Å²) in [6.07, 6.45) is -10.9. The Morgan fingerprint density at radius 2 is 1.61 bits per heavy atom. The molecule has 178 valence electrons. The number of amides is 2. The molecule has 1 aliphatic heterocycles. The minimum Gasteiger partial charge on any atom is -0.479 e. The van der Waals surface area contributed by atoms with Crippen LogP contribution in [0.1, 0.15) is 42.3 Å². The molecule has 1 atom stereocenters. The normalized spacial score (nSPS) is 16.5. The number of carbonyl (C=O) groups is 2. The van der Waals surface area contributed by atoms with Crippen LogP contribution in [0, 0.1) is 5.92 Å². The lowest BCUT2D eigenvalue weighted by Crippen LogP contribution is -2.46. The summed E-state index contributed by atoms with van der Waals surface area (Å²) in [5.41, 5.74) is -3.46. The molecular formula is C22H20F6N2O3. The molecule has 0 spiro atoms. The molecule has 0 aromatic heterocycles. The van der Waals surface area contributed by atoms with Crippen LogP contribution in [0.3, 0.4) is 0 Å². The number of nitrogens with one attached hydrogen (secondary N) is 1. The molecule has 1 heterocycles. The molecule has 2 aromatic rings. The van der Waals surface area contributed by atoms with Crippen molar-refractivity contribution in [3.63, 3.8) is 0 Å². The molecule has 0 fully saturated rings. The van der Waals surface area contributed by atoms with Crippen molar-refractivity contribution < 1.29 is 40.7 Å². The Kier molecular flexibility index (Phi) is 6.36. The zero-order valence-corrected chi connectivity index (χ0v) is 17.8. The van der Waals surface area contributed by atoms with Gasteiger partial charge in [0.15, 0.2) is 6.10 Å². The van der Waals surface area contributed by atoms with Crippen LogP contribution in [-0.4, -0.2) is 24.5 Å². The molecule has 0 bridgehead atoms. The molecule has 2 amide bonds. The third-order valence-corrected chi connectivity index (χ3v) is 4.82. The highest BCUT2D eigenvalue weighted by atomic mass is 19.4. The molecule has 2 aromatic carbocycles. The van der Waals surface area contributed by atoms with Gasteiger partial charge in [-0.25, -0.2) is 0 Å². The molecule has 1 aliphatic rings. The van der Waals surface area contributed by atoms with Gasteiger partial charge in [-0.05, 0) is 43.2 Å². The number of fused-ring (bicyclic) bond motifs is 1. The number of carbonyl (C=O) groups excluding carboxylic acids is 2. The van der Waals surface area contributed by atoms with E-state index in [9.17, 15) is 35.9 Å². The van der Waals surface area contributed by atoms with Gasteiger partial charge in [-0.1, -0.05) is 13.8 Å². The second-order valence-corrected chi connectivity index (χ2v) is 8.03. The van der Waals surface area contributed by atoms with Crippen molar-refractivity contribution in [1.82, 2.24) is 0 Å². The number of halogens is 6. The van der Waals surface area contributed by atoms with Crippen LogP contribution in [0.2, 0.25) is 0 Å². The molecule has 0 aliphatic carbocycles. The van der Waals surface area contributed by atoms with Gasteiger partial charge in [-0.3, -0.25) is 9.59 Å². The van der Waals surface area contributed by atoms with E-state index in [0.717, 1.165) is 0 Å². The topological polar surface area (TPSA) is 58.6 Å². The zero-order valence-electron chi connectivity index (χ0n) is 17.8. The van der Waals surface area contributed by atoms with Gasteiger partial charge in [0.1, 0.15) is 5.75 Å². The summed E-state index contributed by atoms with van der Waals surface area (Å²) < 4.78 is 83.9. The second kappa shape index (κ2) is 8.60. The summed E-state index contributed by atoms with van der Waals surface area (Å²) in [6, 6.07) is 4.89. The lowest BCUT2D eigenvalue weighted by Gasteiger charge is -2.34. The molecule has 1 N–H and O–H groups in total. The zero-order chi connectivity index (χ0) is 24.7. The minimum absolute atomic E-state index is 0.0504. The molecule has 0 saturated heterocycles. The fraction of sp³-hybridized carbons (Fsp3) is 0.364. The maximum atomic E-state index is 13.1. The van der Waals surface area contributed by atoms with Gasteiger partial charge >= 0.3 is 12.4 Å². The van der Waals surface area contributed by atoms with Crippen molar-refractivity contribution in [2.24, 2.45) is 5.92 Å². The molecule has 11 heteroatoms. The number of nitrogens with zero attached hydrogens (tertiary/aromatic N) is 1. The molecule has 3 rings (SSSR count). The van der Waals surface area contributed by atoms with Gasteiger partial charge in [0.05, 0.1) is 16.8 Å². The standard InChI is InChI=1S/C22H20F6N2O3/c1-11(2)10-30-17-5-4-16(9-18(17)33-12(3)20(30)32)29-19(31)13-6-14(21(23,24)25)8-15(7-13)22(26,27)28/h4-9,11-12H,10H2,1-3H3,(H,29,31). The van der Waals surface area contributed by atoms with Crippen molar-refractivity contribution in [2.75, 3.05) is 16.8 Å². The number of hydrogen-bond acceptors (Lipinski definition) is 3. The van der Waals surface area contributed by atoms with Crippen LogP contribution < -0.4 is 15.0 Å². The number of ether oxygens (including phenoxy) is 1. The highest BCUT2D eigenvalue weighted by Gasteiger charge is 2.37. The smallest absolute Gasteiger partial charge is 0.416 e. The highest BCUT2D eigenvalue weighted by molar-refractivity contribution is 6.05. The largest absolute Gasteiger partial charge is 0.479 e. The van der Waals surface area contributed by atoms with Crippen LogP contribution in [0.25, 0.3) is 0 Å².